The number of carbonyl (C=O) groups excluding carboxylic acids is 1. The second-order valence-electron chi connectivity index (χ2n) is 6.97. The highest BCUT2D eigenvalue weighted by Gasteiger charge is 2.23. The summed E-state index contributed by atoms with van der Waals surface area (Å²) in [6.45, 7) is 4.63. The smallest absolute Gasteiger partial charge is 0.271 e. The molecule has 0 unspecified atom stereocenters. The molecule has 4 rings (SSSR count). The Morgan fingerprint density at radius 2 is 1.89 bits per heavy atom. The number of amides is 1. The number of aromatic amines is 1. The number of H-pyrrole nitrogens is 1. The summed E-state index contributed by atoms with van der Waals surface area (Å²) in [5.41, 5.74) is 2.31. The van der Waals surface area contributed by atoms with E-state index in [-0.39, 0.29) is 5.91 Å². The van der Waals surface area contributed by atoms with Crippen LogP contribution in [0.25, 0.3) is 11.4 Å². The van der Waals surface area contributed by atoms with E-state index in [0.717, 1.165) is 36.8 Å². The first-order chi connectivity index (χ1) is 13.7. The van der Waals surface area contributed by atoms with E-state index in [1.165, 1.54) is 0 Å². The van der Waals surface area contributed by atoms with E-state index in [4.69, 9.17) is 4.74 Å². The second kappa shape index (κ2) is 8.31. The molecule has 1 aliphatic heterocycles. The van der Waals surface area contributed by atoms with Crippen LogP contribution in [0.2, 0.25) is 0 Å². The number of ether oxygens (including phenoxy) is 1. The largest absolute Gasteiger partial charge is 0.492 e. The molecule has 1 fully saturated rings. The van der Waals surface area contributed by atoms with Crippen LogP contribution in [-0.4, -0.2) is 69.8 Å². The van der Waals surface area contributed by atoms with Crippen molar-refractivity contribution in [1.82, 2.24) is 24.6 Å². The number of benzene rings is 1. The first-order valence-corrected chi connectivity index (χ1v) is 9.57. The van der Waals surface area contributed by atoms with Gasteiger partial charge < -0.3 is 14.2 Å². The lowest BCUT2D eigenvalue weighted by atomic mass is 10.2. The van der Waals surface area contributed by atoms with Crippen molar-refractivity contribution in [2.75, 3.05) is 39.3 Å². The monoisotopic (exact) mass is 379 g/mol. The van der Waals surface area contributed by atoms with E-state index < -0.39 is 0 Å². The predicted octanol–water partition coefficient (Wildman–Crippen LogP) is 2.25. The van der Waals surface area contributed by atoms with Crippen LogP contribution in [0.3, 0.4) is 0 Å². The molecular weight excluding hydrogens is 354 g/mol. The summed E-state index contributed by atoms with van der Waals surface area (Å²) in [7, 11) is 1.96. The minimum absolute atomic E-state index is 0.00754. The minimum atomic E-state index is 0.00754. The average Bonchev–Trinajstić information content (AvgIpc) is 3.38. The predicted molar refractivity (Wildman–Crippen MR) is 107 cm³/mol. The second-order valence-corrected chi connectivity index (χ2v) is 6.97. The fourth-order valence-electron chi connectivity index (χ4n) is 3.44. The zero-order chi connectivity index (χ0) is 19.3. The fraction of sp³-hybridized carbons (Fsp3) is 0.333. The number of hydrogen-bond acceptors (Lipinski definition) is 4. The van der Waals surface area contributed by atoms with Crippen LogP contribution in [0.5, 0.6) is 5.75 Å². The highest BCUT2D eigenvalue weighted by atomic mass is 16.5. The van der Waals surface area contributed by atoms with Crippen molar-refractivity contribution in [3.8, 4) is 17.1 Å². The molecule has 1 aliphatic rings. The van der Waals surface area contributed by atoms with Crippen molar-refractivity contribution in [2.45, 2.75) is 0 Å². The SMILES string of the molecule is Cn1cccc1-c1cc(C(=O)N2CCN(CCOc3ccccc3)CC2)[nH]n1. The number of piperazine rings is 1. The maximum Gasteiger partial charge on any atom is 0.271 e. The van der Waals surface area contributed by atoms with Crippen LogP contribution in [0.4, 0.5) is 0 Å². The van der Waals surface area contributed by atoms with Crippen LogP contribution in [-0.2, 0) is 7.05 Å². The zero-order valence-corrected chi connectivity index (χ0v) is 16.0. The number of hydrogen-bond donors (Lipinski definition) is 1. The average molecular weight is 379 g/mol. The van der Waals surface area contributed by atoms with E-state index in [1.807, 2.05) is 71.2 Å². The number of rotatable bonds is 6. The van der Waals surface area contributed by atoms with Crippen LogP contribution in [0.15, 0.2) is 54.7 Å². The Morgan fingerprint density at radius 1 is 1.11 bits per heavy atom. The molecule has 1 amide bonds. The van der Waals surface area contributed by atoms with Gasteiger partial charge in [0.2, 0.25) is 0 Å². The number of nitrogens with zero attached hydrogens (tertiary/aromatic N) is 4. The third-order valence-electron chi connectivity index (χ3n) is 5.09. The summed E-state index contributed by atoms with van der Waals surface area (Å²) in [6.07, 6.45) is 1.96. The molecule has 1 aromatic carbocycles. The lowest BCUT2D eigenvalue weighted by Crippen LogP contribution is -2.49. The van der Waals surface area contributed by atoms with Gasteiger partial charge in [0.15, 0.2) is 0 Å². The molecular formula is C21H25N5O2. The standard InChI is InChI=1S/C21H25N5O2/c1-24-9-5-8-20(24)18-16-19(23-22-18)21(27)26-12-10-25(11-13-26)14-15-28-17-6-3-2-4-7-17/h2-9,16H,10-15H2,1H3,(H,22,23). The molecule has 0 spiro atoms. The normalized spacial score (nSPS) is 15.0. The number of para-hydroxylation sites is 1. The van der Waals surface area contributed by atoms with Gasteiger partial charge >= 0.3 is 0 Å². The third-order valence-corrected chi connectivity index (χ3v) is 5.09. The molecule has 1 N–H and O–H groups in total. The number of aryl methyl sites for hydroxylation is 1. The van der Waals surface area contributed by atoms with E-state index in [0.29, 0.717) is 25.4 Å². The van der Waals surface area contributed by atoms with Crippen molar-refractivity contribution in [2.24, 2.45) is 7.05 Å². The Bertz CT molecular complexity index is 910. The van der Waals surface area contributed by atoms with Gasteiger partial charge in [-0.25, -0.2) is 0 Å². The van der Waals surface area contributed by atoms with Gasteiger partial charge in [0.1, 0.15) is 23.7 Å². The first kappa shape index (κ1) is 18.3. The summed E-state index contributed by atoms with van der Waals surface area (Å²) in [5, 5.41) is 7.19. The molecule has 146 valence electrons. The van der Waals surface area contributed by atoms with E-state index in [1.54, 1.807) is 0 Å². The molecule has 28 heavy (non-hydrogen) atoms. The molecule has 3 aromatic rings. The number of carbonyl (C=O) groups is 1. The van der Waals surface area contributed by atoms with Crippen molar-refractivity contribution in [3.63, 3.8) is 0 Å². The van der Waals surface area contributed by atoms with Gasteiger partial charge in [-0.15, -0.1) is 0 Å². The van der Waals surface area contributed by atoms with Crippen LogP contribution < -0.4 is 4.74 Å². The van der Waals surface area contributed by atoms with Gasteiger partial charge in [0.05, 0.1) is 5.69 Å². The fourth-order valence-corrected chi connectivity index (χ4v) is 3.44. The molecule has 0 aliphatic carbocycles. The Morgan fingerprint density at radius 3 is 2.61 bits per heavy atom. The maximum atomic E-state index is 12.8. The van der Waals surface area contributed by atoms with Crippen molar-refractivity contribution in [1.29, 1.82) is 0 Å². The highest BCUT2D eigenvalue weighted by molar-refractivity contribution is 5.93. The van der Waals surface area contributed by atoms with E-state index >= 15 is 0 Å². The molecule has 0 radical (unpaired) electrons. The van der Waals surface area contributed by atoms with Gasteiger partial charge in [-0.1, -0.05) is 18.2 Å². The molecule has 3 heterocycles. The number of nitrogens with one attached hydrogen (secondary N) is 1. The molecule has 0 atom stereocenters. The van der Waals surface area contributed by atoms with Gasteiger partial charge in [0.25, 0.3) is 5.91 Å². The van der Waals surface area contributed by atoms with Crippen molar-refractivity contribution in [3.05, 3.63) is 60.4 Å². The molecule has 7 heteroatoms. The summed E-state index contributed by atoms with van der Waals surface area (Å²) in [6, 6.07) is 15.6. The highest BCUT2D eigenvalue weighted by Crippen LogP contribution is 2.18. The van der Waals surface area contributed by atoms with Crippen LogP contribution in [0.1, 0.15) is 10.5 Å². The van der Waals surface area contributed by atoms with Crippen molar-refractivity contribution < 1.29 is 9.53 Å². The summed E-state index contributed by atoms with van der Waals surface area (Å²) in [5.74, 6) is 0.901. The molecule has 7 nitrogen and oxygen atoms in total. The third kappa shape index (κ3) is 4.09. The van der Waals surface area contributed by atoms with Crippen LogP contribution >= 0.6 is 0 Å². The van der Waals surface area contributed by atoms with E-state index in [9.17, 15) is 4.79 Å². The topological polar surface area (TPSA) is 66.4 Å². The maximum absolute atomic E-state index is 12.8. The van der Waals surface area contributed by atoms with Crippen LogP contribution in [0, 0.1) is 0 Å². The van der Waals surface area contributed by atoms with Gasteiger partial charge in [-0.3, -0.25) is 14.8 Å². The quantitative estimate of drug-likeness (QED) is 0.713. The molecule has 0 bridgehead atoms. The molecule has 0 saturated carbocycles. The van der Waals surface area contributed by atoms with E-state index in [2.05, 4.69) is 15.1 Å². The summed E-state index contributed by atoms with van der Waals surface area (Å²) >= 11 is 0. The minimum Gasteiger partial charge on any atom is -0.492 e. The Kier molecular flexibility index (Phi) is 5.43. The van der Waals surface area contributed by atoms with Gasteiger partial charge in [-0.05, 0) is 30.3 Å². The molecule has 1 saturated heterocycles. The summed E-state index contributed by atoms with van der Waals surface area (Å²) < 4.78 is 7.75. The first-order valence-electron chi connectivity index (χ1n) is 9.57. The Hall–Kier alpha value is -3.06. The number of aromatic nitrogens is 3. The lowest BCUT2D eigenvalue weighted by Gasteiger charge is -2.34. The zero-order valence-electron chi connectivity index (χ0n) is 16.0. The Balaban J connectivity index is 1.26. The Labute approximate surface area is 164 Å². The molecule has 2 aromatic heterocycles. The van der Waals surface area contributed by atoms with Crippen molar-refractivity contribution >= 4 is 5.91 Å². The lowest BCUT2D eigenvalue weighted by molar-refractivity contribution is 0.0614. The van der Waals surface area contributed by atoms with Gasteiger partial charge in [-0.2, -0.15) is 5.10 Å². The van der Waals surface area contributed by atoms with Gasteiger partial charge in [0, 0.05) is 46.0 Å². The summed E-state index contributed by atoms with van der Waals surface area (Å²) in [4.78, 5) is 17.0.